The third kappa shape index (κ3) is 6.24. The van der Waals surface area contributed by atoms with Gasteiger partial charge in [0.05, 0.1) is 29.5 Å². The molecule has 0 bridgehead atoms. The molecule has 0 aliphatic carbocycles. The van der Waals surface area contributed by atoms with E-state index in [-0.39, 0.29) is 31.2 Å². The number of carbonyl (C=O) groups is 2. The Morgan fingerprint density at radius 1 is 1.26 bits per heavy atom. The van der Waals surface area contributed by atoms with Gasteiger partial charge in [-0.3, -0.25) is 14.3 Å². The van der Waals surface area contributed by atoms with Crippen LogP contribution in [0.4, 0.5) is 0 Å². The summed E-state index contributed by atoms with van der Waals surface area (Å²) in [6.45, 7) is 5.72. The summed E-state index contributed by atoms with van der Waals surface area (Å²) in [6.07, 6.45) is 2.41. The van der Waals surface area contributed by atoms with Gasteiger partial charge in [-0.05, 0) is 24.8 Å². The first-order valence-electron chi connectivity index (χ1n) is 11.3. The molecule has 0 fully saturated rings. The minimum absolute atomic E-state index is 0.106. The molecule has 0 saturated carbocycles. The SMILES string of the molecule is Cc1nn(C)cc1C(=O)NCC1=NOC(Cc2ccccc2)(C(=O)N[C@@H](CC(C)C)B(O)O)C1. The summed E-state index contributed by atoms with van der Waals surface area (Å²) in [5.41, 5.74) is 1.08. The molecule has 1 aliphatic rings. The van der Waals surface area contributed by atoms with E-state index in [4.69, 9.17) is 4.84 Å². The molecule has 2 atom stereocenters. The number of amides is 2. The van der Waals surface area contributed by atoms with Gasteiger partial charge in [-0.25, -0.2) is 0 Å². The van der Waals surface area contributed by atoms with Gasteiger partial charge in [0.2, 0.25) is 5.60 Å². The fraction of sp³-hybridized carbons (Fsp3) is 0.478. The number of nitrogens with zero attached hydrogens (tertiary/aromatic N) is 3. The topological polar surface area (TPSA) is 138 Å². The largest absolute Gasteiger partial charge is 0.475 e. The van der Waals surface area contributed by atoms with Crippen LogP contribution in [0.5, 0.6) is 0 Å². The molecule has 2 aromatic rings. The van der Waals surface area contributed by atoms with E-state index in [1.165, 1.54) is 0 Å². The zero-order valence-electron chi connectivity index (χ0n) is 20.0. The van der Waals surface area contributed by atoms with Crippen LogP contribution in [-0.4, -0.2) is 62.6 Å². The maximum atomic E-state index is 13.4. The summed E-state index contributed by atoms with van der Waals surface area (Å²) in [7, 11) is 0.0365. The minimum Gasteiger partial charge on any atom is -0.426 e. The Labute approximate surface area is 199 Å². The van der Waals surface area contributed by atoms with Crippen molar-refractivity contribution >= 4 is 24.6 Å². The van der Waals surface area contributed by atoms with Crippen LogP contribution in [-0.2, 0) is 23.1 Å². The van der Waals surface area contributed by atoms with E-state index in [0.29, 0.717) is 23.4 Å². The average Bonchev–Trinajstić information content (AvgIpc) is 3.35. The summed E-state index contributed by atoms with van der Waals surface area (Å²) in [5.74, 6) is -1.48. The Bertz CT molecular complexity index is 1040. The fourth-order valence-electron chi connectivity index (χ4n) is 4.03. The smallest absolute Gasteiger partial charge is 0.426 e. The van der Waals surface area contributed by atoms with Crippen LogP contribution in [0, 0.1) is 12.8 Å². The molecule has 4 N–H and O–H groups in total. The number of aromatic nitrogens is 2. The molecule has 1 aromatic carbocycles. The molecule has 34 heavy (non-hydrogen) atoms. The molecule has 2 heterocycles. The van der Waals surface area contributed by atoms with Gasteiger partial charge < -0.3 is 25.5 Å². The Morgan fingerprint density at radius 3 is 2.56 bits per heavy atom. The Morgan fingerprint density at radius 2 is 1.97 bits per heavy atom. The summed E-state index contributed by atoms with van der Waals surface area (Å²) < 4.78 is 1.57. The molecule has 0 saturated heterocycles. The van der Waals surface area contributed by atoms with Crippen LogP contribution < -0.4 is 10.6 Å². The Balaban J connectivity index is 1.73. The van der Waals surface area contributed by atoms with Crippen molar-refractivity contribution in [3.63, 3.8) is 0 Å². The van der Waals surface area contributed by atoms with Crippen molar-refractivity contribution in [1.29, 1.82) is 0 Å². The summed E-state index contributed by atoms with van der Waals surface area (Å²) in [6, 6.07) is 9.39. The van der Waals surface area contributed by atoms with Crippen molar-refractivity contribution in [2.24, 2.45) is 18.1 Å². The molecule has 182 valence electrons. The van der Waals surface area contributed by atoms with Gasteiger partial charge in [0.15, 0.2) is 0 Å². The van der Waals surface area contributed by atoms with Gasteiger partial charge in [0.25, 0.3) is 11.8 Å². The van der Waals surface area contributed by atoms with Gasteiger partial charge in [-0.15, -0.1) is 0 Å². The number of hydrogen-bond acceptors (Lipinski definition) is 7. The van der Waals surface area contributed by atoms with Crippen molar-refractivity contribution in [3.05, 3.63) is 53.3 Å². The van der Waals surface area contributed by atoms with Crippen molar-refractivity contribution in [3.8, 4) is 0 Å². The van der Waals surface area contributed by atoms with Gasteiger partial charge in [-0.2, -0.15) is 5.10 Å². The first-order valence-corrected chi connectivity index (χ1v) is 11.3. The van der Waals surface area contributed by atoms with E-state index in [9.17, 15) is 19.6 Å². The van der Waals surface area contributed by atoms with Crippen molar-refractivity contribution in [1.82, 2.24) is 20.4 Å². The van der Waals surface area contributed by atoms with Crippen LogP contribution in [0.1, 0.15) is 48.3 Å². The Kier molecular flexibility index (Phi) is 8.11. The van der Waals surface area contributed by atoms with Crippen molar-refractivity contribution < 1.29 is 24.5 Å². The predicted molar refractivity (Wildman–Crippen MR) is 128 cm³/mol. The number of hydrogen-bond donors (Lipinski definition) is 4. The van der Waals surface area contributed by atoms with Gasteiger partial charge in [-0.1, -0.05) is 49.3 Å². The third-order valence-electron chi connectivity index (χ3n) is 5.70. The second-order valence-electron chi connectivity index (χ2n) is 9.19. The number of benzene rings is 1. The minimum atomic E-state index is -1.70. The monoisotopic (exact) mass is 469 g/mol. The van der Waals surface area contributed by atoms with Crippen molar-refractivity contribution in [2.45, 2.75) is 51.6 Å². The lowest BCUT2D eigenvalue weighted by Crippen LogP contribution is -2.56. The second kappa shape index (κ2) is 10.8. The third-order valence-corrected chi connectivity index (χ3v) is 5.70. The maximum absolute atomic E-state index is 13.4. The number of rotatable bonds is 10. The maximum Gasteiger partial charge on any atom is 0.475 e. The van der Waals surface area contributed by atoms with E-state index < -0.39 is 24.6 Å². The fourth-order valence-corrected chi connectivity index (χ4v) is 4.03. The quantitative estimate of drug-likeness (QED) is 0.379. The first-order chi connectivity index (χ1) is 16.1. The number of carbonyl (C=O) groups excluding carboxylic acids is 2. The molecule has 1 aliphatic heterocycles. The van der Waals surface area contributed by atoms with E-state index in [1.54, 1.807) is 24.9 Å². The molecular weight excluding hydrogens is 437 g/mol. The predicted octanol–water partition coefficient (Wildman–Crippen LogP) is 0.759. The van der Waals surface area contributed by atoms with Crippen LogP contribution in [0.15, 0.2) is 41.7 Å². The van der Waals surface area contributed by atoms with Crippen molar-refractivity contribution in [2.75, 3.05) is 6.54 Å². The van der Waals surface area contributed by atoms with Crippen LogP contribution in [0.2, 0.25) is 0 Å². The van der Waals surface area contributed by atoms with Gasteiger partial charge >= 0.3 is 7.12 Å². The van der Waals surface area contributed by atoms with E-state index in [1.807, 2.05) is 44.2 Å². The molecule has 0 radical (unpaired) electrons. The highest BCUT2D eigenvalue weighted by Crippen LogP contribution is 2.29. The Hall–Kier alpha value is -3.18. The van der Waals surface area contributed by atoms with E-state index in [2.05, 4.69) is 20.9 Å². The lowest BCUT2D eigenvalue weighted by atomic mass is 9.74. The molecule has 0 spiro atoms. The molecule has 11 heteroatoms. The standard InChI is InChI=1S/C23H32BN5O5/c1-15(2)10-20(24(32)33)26-22(31)23(11-17-8-6-5-7-9-17)12-18(28-34-23)13-25-21(30)19-14-29(4)27-16(19)3/h5-9,14-15,20,32-33H,10-13H2,1-4H3,(H,25,30)(H,26,31)/t20-,23?/m0/s1. The van der Waals surface area contributed by atoms with Gasteiger partial charge in [0.1, 0.15) is 0 Å². The summed E-state index contributed by atoms with van der Waals surface area (Å²) in [4.78, 5) is 31.7. The molecule has 10 nitrogen and oxygen atoms in total. The molecular formula is C23H32BN5O5. The zero-order valence-corrected chi connectivity index (χ0v) is 20.0. The van der Waals surface area contributed by atoms with E-state index >= 15 is 0 Å². The number of aryl methyl sites for hydroxylation is 2. The lowest BCUT2D eigenvalue weighted by Gasteiger charge is -2.29. The summed E-state index contributed by atoms with van der Waals surface area (Å²) in [5, 5.41) is 33.4. The van der Waals surface area contributed by atoms with Crippen LogP contribution >= 0.6 is 0 Å². The summed E-state index contributed by atoms with van der Waals surface area (Å²) >= 11 is 0. The normalized spacial score (nSPS) is 18.3. The second-order valence-corrected chi connectivity index (χ2v) is 9.19. The average molecular weight is 469 g/mol. The molecule has 1 unspecified atom stereocenters. The highest BCUT2D eigenvalue weighted by molar-refractivity contribution is 6.43. The van der Waals surface area contributed by atoms with Gasteiger partial charge in [0, 0.05) is 26.1 Å². The number of nitrogens with one attached hydrogen (secondary N) is 2. The van der Waals surface area contributed by atoms with E-state index in [0.717, 1.165) is 5.56 Å². The number of oxime groups is 1. The first kappa shape index (κ1) is 25.4. The highest BCUT2D eigenvalue weighted by Gasteiger charge is 2.48. The van der Waals surface area contributed by atoms with Crippen LogP contribution in [0.3, 0.4) is 0 Å². The highest BCUT2D eigenvalue weighted by atomic mass is 16.7. The molecule has 2 amide bonds. The molecule has 3 rings (SSSR count). The zero-order chi connectivity index (χ0) is 24.9. The lowest BCUT2D eigenvalue weighted by molar-refractivity contribution is -0.144. The molecule has 1 aromatic heterocycles. The van der Waals surface area contributed by atoms with Crippen LogP contribution in [0.25, 0.3) is 0 Å².